The molecule has 1 amide bonds. The molecule has 104 valence electrons. The molecule has 0 aliphatic carbocycles. The molecule has 1 aliphatic rings. The number of carbonyl (C=O) groups excluding carboxylic acids is 1. The van der Waals surface area contributed by atoms with E-state index in [1.807, 2.05) is 18.2 Å². The monoisotopic (exact) mass is 263 g/mol. The summed E-state index contributed by atoms with van der Waals surface area (Å²) in [5.74, 6) is 0.455. The average molecular weight is 263 g/mol. The van der Waals surface area contributed by atoms with Crippen molar-refractivity contribution in [3.63, 3.8) is 0 Å². The van der Waals surface area contributed by atoms with Crippen molar-refractivity contribution in [2.75, 3.05) is 51.7 Å². The van der Waals surface area contributed by atoms with Crippen molar-refractivity contribution < 1.29 is 9.90 Å². The highest BCUT2D eigenvalue weighted by Crippen LogP contribution is 2.27. The van der Waals surface area contributed by atoms with Crippen LogP contribution in [0, 0.1) is 0 Å². The number of benzene rings is 1. The van der Waals surface area contributed by atoms with E-state index in [1.165, 1.54) is 0 Å². The quantitative estimate of drug-likeness (QED) is 0.867. The van der Waals surface area contributed by atoms with Gasteiger partial charge in [-0.1, -0.05) is 12.1 Å². The highest BCUT2D eigenvalue weighted by atomic mass is 16.3. The topological polar surface area (TPSA) is 47.0 Å². The molecule has 5 heteroatoms. The lowest BCUT2D eigenvalue weighted by molar-refractivity contribution is -0.129. The van der Waals surface area contributed by atoms with Crippen molar-refractivity contribution >= 4 is 11.6 Å². The molecular weight excluding hydrogens is 242 g/mol. The van der Waals surface area contributed by atoms with Crippen LogP contribution in [-0.4, -0.2) is 67.6 Å². The van der Waals surface area contributed by atoms with Gasteiger partial charge in [-0.2, -0.15) is 0 Å². The van der Waals surface area contributed by atoms with Gasteiger partial charge in [0.1, 0.15) is 5.75 Å². The number of rotatable bonds is 3. The molecule has 1 saturated heterocycles. The number of likely N-dealkylation sites (N-methyl/N-ethyl adjacent to an activating group) is 1. The van der Waals surface area contributed by atoms with Crippen molar-refractivity contribution in [1.82, 2.24) is 9.80 Å². The Morgan fingerprint density at radius 2 is 1.84 bits per heavy atom. The van der Waals surface area contributed by atoms with Crippen LogP contribution in [-0.2, 0) is 4.79 Å². The van der Waals surface area contributed by atoms with E-state index in [-0.39, 0.29) is 5.91 Å². The number of carbonyl (C=O) groups is 1. The molecule has 19 heavy (non-hydrogen) atoms. The summed E-state index contributed by atoms with van der Waals surface area (Å²) in [5.41, 5.74) is 0.876. The second-order valence-corrected chi connectivity index (χ2v) is 5.04. The fraction of sp³-hybridized carbons (Fsp3) is 0.500. The highest BCUT2D eigenvalue weighted by Gasteiger charge is 2.20. The summed E-state index contributed by atoms with van der Waals surface area (Å²) in [6.45, 7) is 3.82. The molecular formula is C14H21N3O2. The Kier molecular flexibility index (Phi) is 4.27. The third-order valence-corrected chi connectivity index (χ3v) is 3.45. The van der Waals surface area contributed by atoms with Crippen molar-refractivity contribution in [1.29, 1.82) is 0 Å². The van der Waals surface area contributed by atoms with Crippen molar-refractivity contribution in [3.8, 4) is 5.75 Å². The van der Waals surface area contributed by atoms with E-state index in [1.54, 1.807) is 25.1 Å². The van der Waals surface area contributed by atoms with E-state index in [0.717, 1.165) is 31.9 Å². The summed E-state index contributed by atoms with van der Waals surface area (Å²) in [5, 5.41) is 9.83. The van der Waals surface area contributed by atoms with E-state index in [0.29, 0.717) is 12.3 Å². The Labute approximate surface area is 114 Å². The van der Waals surface area contributed by atoms with Gasteiger partial charge < -0.3 is 14.9 Å². The molecule has 0 spiro atoms. The van der Waals surface area contributed by atoms with Gasteiger partial charge in [-0.05, 0) is 12.1 Å². The van der Waals surface area contributed by atoms with Crippen LogP contribution in [0.3, 0.4) is 0 Å². The molecule has 0 radical (unpaired) electrons. The number of anilines is 1. The van der Waals surface area contributed by atoms with Gasteiger partial charge in [-0.15, -0.1) is 0 Å². The maximum atomic E-state index is 11.6. The van der Waals surface area contributed by atoms with Gasteiger partial charge in [-0.3, -0.25) is 9.69 Å². The minimum atomic E-state index is 0.135. The van der Waals surface area contributed by atoms with Crippen LogP contribution in [0.5, 0.6) is 5.75 Å². The molecule has 1 N–H and O–H groups in total. The molecule has 0 atom stereocenters. The van der Waals surface area contributed by atoms with Gasteiger partial charge in [0.2, 0.25) is 5.91 Å². The summed E-state index contributed by atoms with van der Waals surface area (Å²) in [4.78, 5) is 17.6. The van der Waals surface area contributed by atoms with Crippen LogP contribution in [0.2, 0.25) is 0 Å². The standard InChI is InChI=1S/C14H21N3O2/c1-15(2)14(19)11-16-7-9-17(10-8-16)12-5-3-4-6-13(12)18/h3-6,18H,7-11H2,1-2H3. The zero-order valence-electron chi connectivity index (χ0n) is 11.5. The minimum absolute atomic E-state index is 0.135. The molecule has 1 heterocycles. The van der Waals surface area contributed by atoms with E-state index >= 15 is 0 Å². The Morgan fingerprint density at radius 3 is 2.42 bits per heavy atom. The molecule has 1 fully saturated rings. The lowest BCUT2D eigenvalue weighted by Crippen LogP contribution is -2.49. The van der Waals surface area contributed by atoms with E-state index in [9.17, 15) is 9.90 Å². The van der Waals surface area contributed by atoms with Gasteiger partial charge in [-0.25, -0.2) is 0 Å². The van der Waals surface area contributed by atoms with Crippen molar-refractivity contribution in [2.45, 2.75) is 0 Å². The molecule has 0 unspecified atom stereocenters. The smallest absolute Gasteiger partial charge is 0.236 e. The highest BCUT2D eigenvalue weighted by molar-refractivity contribution is 5.77. The van der Waals surface area contributed by atoms with Gasteiger partial charge in [0.25, 0.3) is 0 Å². The van der Waals surface area contributed by atoms with Crippen LogP contribution in [0.4, 0.5) is 5.69 Å². The minimum Gasteiger partial charge on any atom is -0.506 e. The lowest BCUT2D eigenvalue weighted by atomic mass is 10.2. The summed E-state index contributed by atoms with van der Waals surface area (Å²) < 4.78 is 0. The Morgan fingerprint density at radius 1 is 1.21 bits per heavy atom. The van der Waals surface area contributed by atoms with Crippen LogP contribution >= 0.6 is 0 Å². The Hall–Kier alpha value is -1.75. The van der Waals surface area contributed by atoms with Crippen LogP contribution < -0.4 is 4.90 Å². The van der Waals surface area contributed by atoms with E-state index < -0.39 is 0 Å². The molecule has 0 saturated carbocycles. The number of phenols is 1. The summed E-state index contributed by atoms with van der Waals surface area (Å²) in [6, 6.07) is 7.38. The maximum absolute atomic E-state index is 11.6. The first-order valence-corrected chi connectivity index (χ1v) is 6.53. The third-order valence-electron chi connectivity index (χ3n) is 3.45. The number of hydrogen-bond acceptors (Lipinski definition) is 4. The predicted octanol–water partition coefficient (Wildman–Crippen LogP) is 0.602. The number of para-hydroxylation sites is 2. The normalized spacial score (nSPS) is 16.4. The van der Waals surface area contributed by atoms with Gasteiger partial charge in [0.05, 0.1) is 12.2 Å². The number of hydrogen-bond donors (Lipinski definition) is 1. The zero-order chi connectivity index (χ0) is 13.8. The molecule has 2 rings (SSSR count). The summed E-state index contributed by atoms with van der Waals surface area (Å²) >= 11 is 0. The second-order valence-electron chi connectivity index (χ2n) is 5.04. The summed E-state index contributed by atoms with van der Waals surface area (Å²) in [7, 11) is 3.56. The van der Waals surface area contributed by atoms with Crippen molar-refractivity contribution in [2.24, 2.45) is 0 Å². The Bertz CT molecular complexity index is 440. The first kappa shape index (κ1) is 13.7. The average Bonchev–Trinajstić information content (AvgIpc) is 2.40. The number of aromatic hydroxyl groups is 1. The van der Waals surface area contributed by atoms with Gasteiger partial charge in [0.15, 0.2) is 0 Å². The molecule has 1 aromatic carbocycles. The number of phenolic OH excluding ortho intramolecular Hbond substituents is 1. The molecule has 1 aromatic rings. The number of nitrogens with zero attached hydrogens (tertiary/aromatic N) is 3. The molecule has 5 nitrogen and oxygen atoms in total. The number of piperazine rings is 1. The molecule has 0 bridgehead atoms. The second kappa shape index (κ2) is 5.93. The fourth-order valence-electron chi connectivity index (χ4n) is 2.21. The maximum Gasteiger partial charge on any atom is 0.236 e. The number of amides is 1. The van der Waals surface area contributed by atoms with Crippen LogP contribution in [0.15, 0.2) is 24.3 Å². The molecule has 1 aliphatic heterocycles. The first-order chi connectivity index (χ1) is 9.08. The lowest BCUT2D eigenvalue weighted by Gasteiger charge is -2.36. The van der Waals surface area contributed by atoms with Crippen LogP contribution in [0.25, 0.3) is 0 Å². The van der Waals surface area contributed by atoms with Crippen molar-refractivity contribution in [3.05, 3.63) is 24.3 Å². The molecule has 0 aromatic heterocycles. The third kappa shape index (κ3) is 3.38. The largest absolute Gasteiger partial charge is 0.506 e. The SMILES string of the molecule is CN(C)C(=O)CN1CCN(c2ccccc2O)CC1. The fourth-order valence-corrected chi connectivity index (χ4v) is 2.21. The predicted molar refractivity (Wildman–Crippen MR) is 75.5 cm³/mol. The van der Waals surface area contributed by atoms with Crippen LogP contribution in [0.1, 0.15) is 0 Å². The Balaban J connectivity index is 1.89. The van der Waals surface area contributed by atoms with Gasteiger partial charge in [0, 0.05) is 40.3 Å². The zero-order valence-corrected chi connectivity index (χ0v) is 11.5. The summed E-state index contributed by atoms with van der Waals surface area (Å²) in [6.07, 6.45) is 0. The van der Waals surface area contributed by atoms with Gasteiger partial charge >= 0.3 is 0 Å². The first-order valence-electron chi connectivity index (χ1n) is 6.53. The van der Waals surface area contributed by atoms with E-state index in [2.05, 4.69) is 9.80 Å². The van der Waals surface area contributed by atoms with E-state index in [4.69, 9.17) is 0 Å².